The Bertz CT molecular complexity index is 1030. The molecule has 3 N–H and O–H groups in total. The van der Waals surface area contributed by atoms with Crippen LogP contribution in [0.5, 0.6) is 0 Å². The number of aliphatic hydroxyl groups is 3. The lowest BCUT2D eigenvalue weighted by molar-refractivity contribution is -0.223. The minimum atomic E-state index is -1.26. The monoisotopic (exact) mass is 562 g/mol. The van der Waals surface area contributed by atoms with Crippen LogP contribution in [0.2, 0.25) is 0 Å². The summed E-state index contributed by atoms with van der Waals surface area (Å²) in [7, 11) is 1.67. The van der Waals surface area contributed by atoms with Crippen LogP contribution in [-0.4, -0.2) is 64.7 Å². The summed E-state index contributed by atoms with van der Waals surface area (Å²) >= 11 is 0. The largest absolute Gasteiger partial charge is 0.462 e. The molecule has 0 aromatic heterocycles. The van der Waals surface area contributed by atoms with Gasteiger partial charge in [-0.25, -0.2) is 0 Å². The number of carbonyl (C=O) groups excluding carboxylic acids is 1. The van der Waals surface area contributed by atoms with Gasteiger partial charge in [0.1, 0.15) is 12.2 Å². The third kappa shape index (κ3) is 4.27. The van der Waals surface area contributed by atoms with Crippen LogP contribution in [0.1, 0.15) is 100 Å². The van der Waals surface area contributed by atoms with E-state index in [4.69, 9.17) is 14.2 Å². The summed E-state index contributed by atoms with van der Waals surface area (Å²) in [5, 5.41) is 32.4. The van der Waals surface area contributed by atoms with Crippen LogP contribution in [0.4, 0.5) is 0 Å². The summed E-state index contributed by atoms with van der Waals surface area (Å²) in [6, 6.07) is 0. The molecule has 12 atom stereocenters. The highest BCUT2D eigenvalue weighted by Gasteiger charge is 2.69. The molecule has 7 nitrogen and oxygen atoms in total. The predicted molar refractivity (Wildman–Crippen MR) is 152 cm³/mol. The standard InChI is InChI=1S/C33H54O7/c1-18(34)39-26-17-24-29(2,3)25(35)13-15-32(24,7)23-12-14-31(6)20(10-11-22(31)33(23,26)8)19-16-21(40-28(19)38-9)27(36)30(4,5)37/h11,19-21,23-28,35-37H,10,12-17H2,1-9H3/t19-,20+,21-,23-,24+,25-,26-,27+,28+,31+,32-,33+/m1/s1. The van der Waals surface area contributed by atoms with Crippen molar-refractivity contribution in [3.05, 3.63) is 11.6 Å². The van der Waals surface area contributed by atoms with Gasteiger partial charge in [0.2, 0.25) is 0 Å². The van der Waals surface area contributed by atoms with Gasteiger partial charge in [-0.05, 0) is 92.8 Å². The molecule has 3 saturated carbocycles. The van der Waals surface area contributed by atoms with E-state index >= 15 is 0 Å². The molecule has 0 spiro atoms. The highest BCUT2D eigenvalue weighted by molar-refractivity contribution is 5.66. The second-order valence-electron chi connectivity index (χ2n) is 15.8. The summed E-state index contributed by atoms with van der Waals surface area (Å²) in [4.78, 5) is 12.5. The van der Waals surface area contributed by atoms with Crippen molar-refractivity contribution < 1.29 is 34.3 Å². The van der Waals surface area contributed by atoms with Gasteiger partial charge in [0.25, 0.3) is 0 Å². The van der Waals surface area contributed by atoms with Crippen molar-refractivity contribution in [1.29, 1.82) is 0 Å². The quantitative estimate of drug-likeness (QED) is 0.320. The molecule has 0 aromatic carbocycles. The number of ether oxygens (including phenoxy) is 3. The lowest BCUT2D eigenvalue weighted by Crippen LogP contribution is -2.66. The SMILES string of the molecule is CO[C@H]1O[C@@H]([C@H](O)C(C)(C)O)C[C@@H]1[C@@H]1CC=C2[C@@]3(C)[C@H](CC[C@]21C)[C@@]1(C)CC[C@@H](O)C(C)(C)[C@@H]1C[C@H]3OC(C)=O. The topological polar surface area (TPSA) is 105 Å². The predicted octanol–water partition coefficient (Wildman–Crippen LogP) is 5.00. The lowest BCUT2D eigenvalue weighted by Gasteiger charge is -2.68. The number of aliphatic hydroxyl groups excluding tert-OH is 2. The van der Waals surface area contributed by atoms with Crippen LogP contribution in [0, 0.1) is 45.3 Å². The molecule has 228 valence electrons. The van der Waals surface area contributed by atoms with Crippen molar-refractivity contribution in [2.45, 2.75) is 137 Å². The van der Waals surface area contributed by atoms with E-state index in [2.05, 4.69) is 40.7 Å². The molecule has 0 radical (unpaired) electrons. The van der Waals surface area contributed by atoms with Gasteiger partial charge >= 0.3 is 5.97 Å². The highest BCUT2D eigenvalue weighted by atomic mass is 16.7. The first-order valence-corrected chi connectivity index (χ1v) is 15.6. The molecule has 5 aliphatic rings. The molecular weight excluding hydrogens is 508 g/mol. The number of fused-ring (bicyclic) bond motifs is 5. The Morgan fingerprint density at radius 3 is 2.38 bits per heavy atom. The maximum absolute atomic E-state index is 12.5. The van der Waals surface area contributed by atoms with Crippen LogP contribution in [0.3, 0.4) is 0 Å². The Balaban J connectivity index is 1.51. The van der Waals surface area contributed by atoms with Crippen LogP contribution in [0.25, 0.3) is 0 Å². The third-order valence-corrected chi connectivity index (χ3v) is 13.0. The fourth-order valence-corrected chi connectivity index (χ4v) is 10.9. The maximum Gasteiger partial charge on any atom is 0.302 e. The van der Waals surface area contributed by atoms with E-state index in [-0.39, 0.29) is 57.6 Å². The number of carbonyl (C=O) groups is 1. The molecule has 0 bridgehead atoms. The summed E-state index contributed by atoms with van der Waals surface area (Å²) in [6.07, 6.45) is 6.06. The number of methoxy groups -OCH3 is 1. The lowest BCUT2D eigenvalue weighted by atomic mass is 9.37. The molecule has 1 aliphatic heterocycles. The molecule has 4 aliphatic carbocycles. The van der Waals surface area contributed by atoms with Crippen molar-refractivity contribution in [2.24, 2.45) is 45.3 Å². The second kappa shape index (κ2) is 9.77. The van der Waals surface area contributed by atoms with Crippen molar-refractivity contribution in [3.63, 3.8) is 0 Å². The number of hydrogen-bond acceptors (Lipinski definition) is 7. The minimum absolute atomic E-state index is 0.0435. The van der Waals surface area contributed by atoms with Crippen LogP contribution in [-0.2, 0) is 19.0 Å². The van der Waals surface area contributed by atoms with E-state index in [9.17, 15) is 20.1 Å². The Morgan fingerprint density at radius 1 is 1.10 bits per heavy atom. The van der Waals surface area contributed by atoms with E-state index in [1.807, 2.05) is 0 Å². The number of esters is 1. The summed E-state index contributed by atoms with van der Waals surface area (Å²) in [6.45, 7) is 16.4. The van der Waals surface area contributed by atoms with Crippen molar-refractivity contribution >= 4 is 5.97 Å². The Kier molecular flexibility index (Phi) is 7.44. The van der Waals surface area contributed by atoms with Gasteiger partial charge in [0, 0.05) is 25.4 Å². The van der Waals surface area contributed by atoms with Crippen molar-refractivity contribution in [2.75, 3.05) is 7.11 Å². The van der Waals surface area contributed by atoms with E-state index in [0.29, 0.717) is 12.3 Å². The first kappa shape index (κ1) is 30.5. The van der Waals surface area contributed by atoms with E-state index < -0.39 is 24.1 Å². The Labute approximate surface area is 241 Å². The zero-order chi connectivity index (χ0) is 29.6. The molecule has 40 heavy (non-hydrogen) atoms. The van der Waals surface area contributed by atoms with Crippen LogP contribution >= 0.6 is 0 Å². The van der Waals surface area contributed by atoms with Crippen molar-refractivity contribution in [3.8, 4) is 0 Å². The molecule has 1 saturated heterocycles. The van der Waals surface area contributed by atoms with Gasteiger partial charge in [0.15, 0.2) is 6.29 Å². The molecule has 0 aromatic rings. The highest BCUT2D eigenvalue weighted by Crippen LogP contribution is 2.74. The fourth-order valence-electron chi connectivity index (χ4n) is 10.9. The molecule has 1 heterocycles. The molecular formula is C33H54O7. The maximum atomic E-state index is 12.5. The number of hydrogen-bond donors (Lipinski definition) is 3. The third-order valence-electron chi connectivity index (χ3n) is 13.0. The van der Waals surface area contributed by atoms with Crippen LogP contribution in [0.15, 0.2) is 11.6 Å². The normalized spacial score (nSPS) is 49.0. The zero-order valence-corrected chi connectivity index (χ0v) is 26.2. The first-order valence-electron chi connectivity index (χ1n) is 15.6. The van der Waals surface area contributed by atoms with E-state index in [1.54, 1.807) is 21.0 Å². The van der Waals surface area contributed by atoms with E-state index in [1.165, 1.54) is 12.5 Å². The van der Waals surface area contributed by atoms with Crippen molar-refractivity contribution in [1.82, 2.24) is 0 Å². The zero-order valence-electron chi connectivity index (χ0n) is 26.2. The second-order valence-corrected chi connectivity index (χ2v) is 15.8. The number of allylic oxidation sites excluding steroid dienone is 1. The molecule has 0 amide bonds. The summed E-state index contributed by atoms with van der Waals surface area (Å²) in [5.74, 6) is 0.706. The molecule has 5 rings (SSSR count). The Hall–Kier alpha value is -0.990. The minimum Gasteiger partial charge on any atom is -0.462 e. The van der Waals surface area contributed by atoms with Gasteiger partial charge in [-0.15, -0.1) is 0 Å². The van der Waals surface area contributed by atoms with Crippen LogP contribution < -0.4 is 0 Å². The van der Waals surface area contributed by atoms with Gasteiger partial charge in [-0.3, -0.25) is 4.79 Å². The summed E-state index contributed by atoms with van der Waals surface area (Å²) < 4.78 is 18.3. The van der Waals surface area contributed by atoms with Gasteiger partial charge in [-0.2, -0.15) is 0 Å². The molecule has 4 fully saturated rings. The summed E-state index contributed by atoms with van der Waals surface area (Å²) in [5.41, 5.74) is -0.469. The average Bonchev–Trinajstić information content (AvgIpc) is 3.43. The average molecular weight is 563 g/mol. The van der Waals surface area contributed by atoms with Gasteiger partial charge < -0.3 is 29.5 Å². The molecule has 0 unspecified atom stereocenters. The Morgan fingerprint density at radius 2 is 1.77 bits per heavy atom. The smallest absolute Gasteiger partial charge is 0.302 e. The van der Waals surface area contributed by atoms with Gasteiger partial charge in [0.05, 0.1) is 17.8 Å². The van der Waals surface area contributed by atoms with E-state index in [0.717, 1.165) is 38.5 Å². The fraction of sp³-hybridized carbons (Fsp3) is 0.909. The molecule has 7 heteroatoms. The first-order chi connectivity index (χ1) is 18.4. The van der Waals surface area contributed by atoms with Gasteiger partial charge in [-0.1, -0.05) is 46.3 Å². The number of rotatable bonds is 5.